The minimum atomic E-state index is -0.242. The Kier molecular flexibility index (Phi) is 5.16. The van der Waals surface area contributed by atoms with E-state index in [1.807, 2.05) is 43.5 Å². The van der Waals surface area contributed by atoms with Gasteiger partial charge >= 0.3 is 0 Å². The second-order valence-corrected chi connectivity index (χ2v) is 5.39. The van der Waals surface area contributed by atoms with E-state index in [9.17, 15) is 9.59 Å². The minimum absolute atomic E-state index is 0.0889. The lowest BCUT2D eigenvalue weighted by molar-refractivity contribution is -0.122. The maximum absolute atomic E-state index is 12.1. The fraction of sp³-hybridized carbons (Fsp3) is 0.267. The van der Waals surface area contributed by atoms with Gasteiger partial charge in [-0.25, -0.2) is 4.98 Å². The Labute approximate surface area is 127 Å². The number of aromatic amines is 1. The van der Waals surface area contributed by atoms with Crippen molar-refractivity contribution >= 4 is 17.7 Å². The summed E-state index contributed by atoms with van der Waals surface area (Å²) in [6.45, 7) is 2.09. The van der Waals surface area contributed by atoms with Crippen LogP contribution >= 0.6 is 11.8 Å². The van der Waals surface area contributed by atoms with Crippen LogP contribution in [-0.2, 0) is 11.3 Å². The number of rotatable bonds is 5. The number of nitrogens with one attached hydrogen (secondary N) is 2. The van der Waals surface area contributed by atoms with Gasteiger partial charge in [-0.3, -0.25) is 9.59 Å². The van der Waals surface area contributed by atoms with E-state index in [0.717, 1.165) is 5.56 Å². The van der Waals surface area contributed by atoms with E-state index in [4.69, 9.17) is 0 Å². The van der Waals surface area contributed by atoms with Gasteiger partial charge in [0.2, 0.25) is 5.91 Å². The fourth-order valence-electron chi connectivity index (χ4n) is 1.89. The van der Waals surface area contributed by atoms with Crippen LogP contribution in [0.3, 0.4) is 0 Å². The first-order valence-electron chi connectivity index (χ1n) is 6.57. The van der Waals surface area contributed by atoms with Gasteiger partial charge < -0.3 is 10.3 Å². The SMILES string of the molecule is CSc1nc(CNC(=O)[C@H](C)c2ccccc2)cc(=O)[nH]1. The van der Waals surface area contributed by atoms with Gasteiger partial charge in [0.15, 0.2) is 5.16 Å². The molecule has 0 bridgehead atoms. The number of hydrogen-bond acceptors (Lipinski definition) is 4. The van der Waals surface area contributed by atoms with E-state index in [0.29, 0.717) is 10.9 Å². The molecule has 21 heavy (non-hydrogen) atoms. The summed E-state index contributed by atoms with van der Waals surface area (Å²) in [5, 5.41) is 3.36. The van der Waals surface area contributed by atoms with Crippen LogP contribution in [0.1, 0.15) is 24.1 Å². The molecule has 0 fully saturated rings. The van der Waals surface area contributed by atoms with Gasteiger partial charge in [-0.2, -0.15) is 0 Å². The normalized spacial score (nSPS) is 11.9. The van der Waals surface area contributed by atoms with Crippen molar-refractivity contribution in [3.63, 3.8) is 0 Å². The number of thioether (sulfide) groups is 1. The Hall–Kier alpha value is -2.08. The zero-order chi connectivity index (χ0) is 15.2. The molecule has 2 N–H and O–H groups in total. The van der Waals surface area contributed by atoms with Crippen LogP contribution in [-0.4, -0.2) is 22.1 Å². The average molecular weight is 303 g/mol. The van der Waals surface area contributed by atoms with Gasteiger partial charge in [-0.05, 0) is 18.7 Å². The van der Waals surface area contributed by atoms with E-state index >= 15 is 0 Å². The molecule has 0 aliphatic rings. The number of benzene rings is 1. The van der Waals surface area contributed by atoms with Crippen molar-refractivity contribution in [3.8, 4) is 0 Å². The summed E-state index contributed by atoms with van der Waals surface area (Å²) in [4.78, 5) is 30.4. The minimum Gasteiger partial charge on any atom is -0.350 e. The smallest absolute Gasteiger partial charge is 0.251 e. The maximum Gasteiger partial charge on any atom is 0.251 e. The van der Waals surface area contributed by atoms with Gasteiger partial charge in [0.25, 0.3) is 5.56 Å². The van der Waals surface area contributed by atoms with Crippen molar-refractivity contribution in [1.82, 2.24) is 15.3 Å². The van der Waals surface area contributed by atoms with E-state index in [1.54, 1.807) is 0 Å². The van der Waals surface area contributed by atoms with Crippen LogP contribution in [0.15, 0.2) is 46.3 Å². The highest BCUT2D eigenvalue weighted by Gasteiger charge is 2.14. The van der Waals surface area contributed by atoms with E-state index in [1.165, 1.54) is 17.8 Å². The summed E-state index contributed by atoms with van der Waals surface area (Å²) in [7, 11) is 0. The quantitative estimate of drug-likeness (QED) is 0.653. The van der Waals surface area contributed by atoms with Crippen LogP contribution in [0.4, 0.5) is 0 Å². The lowest BCUT2D eigenvalue weighted by Crippen LogP contribution is -2.28. The molecule has 1 aromatic heterocycles. The number of carbonyl (C=O) groups excluding carboxylic acids is 1. The number of H-pyrrole nitrogens is 1. The average Bonchev–Trinajstić information content (AvgIpc) is 2.52. The summed E-state index contributed by atoms with van der Waals surface area (Å²) >= 11 is 1.36. The molecule has 0 radical (unpaired) electrons. The van der Waals surface area contributed by atoms with Crippen molar-refractivity contribution in [2.45, 2.75) is 24.5 Å². The summed E-state index contributed by atoms with van der Waals surface area (Å²) < 4.78 is 0. The van der Waals surface area contributed by atoms with E-state index in [2.05, 4.69) is 15.3 Å². The number of amides is 1. The van der Waals surface area contributed by atoms with Gasteiger partial charge in [0, 0.05) is 6.07 Å². The molecule has 0 aliphatic heterocycles. The van der Waals surface area contributed by atoms with Gasteiger partial charge in [0.1, 0.15) is 0 Å². The third-order valence-electron chi connectivity index (χ3n) is 3.10. The molecule has 0 saturated heterocycles. The number of carbonyl (C=O) groups is 1. The maximum atomic E-state index is 12.1. The summed E-state index contributed by atoms with van der Waals surface area (Å²) in [5.41, 5.74) is 1.30. The standard InChI is InChI=1S/C15H17N3O2S/c1-10(11-6-4-3-5-7-11)14(20)16-9-12-8-13(19)18-15(17-12)21-2/h3-8,10H,9H2,1-2H3,(H,16,20)(H,17,18,19)/t10-/m1/s1. The van der Waals surface area contributed by atoms with Crippen molar-refractivity contribution in [2.75, 3.05) is 6.26 Å². The molecule has 1 atom stereocenters. The van der Waals surface area contributed by atoms with E-state index in [-0.39, 0.29) is 23.9 Å². The van der Waals surface area contributed by atoms with Crippen LogP contribution in [0.25, 0.3) is 0 Å². The Morgan fingerprint density at radius 3 is 2.76 bits per heavy atom. The number of hydrogen-bond donors (Lipinski definition) is 2. The molecule has 6 heteroatoms. The molecule has 2 aromatic rings. The molecule has 1 heterocycles. The highest BCUT2D eigenvalue weighted by Crippen LogP contribution is 2.14. The molecule has 1 amide bonds. The predicted octanol–water partition coefficient (Wildman–Crippen LogP) is 1.91. The predicted molar refractivity (Wildman–Crippen MR) is 83.3 cm³/mol. The van der Waals surface area contributed by atoms with Crippen LogP contribution in [0.2, 0.25) is 0 Å². The zero-order valence-electron chi connectivity index (χ0n) is 11.9. The summed E-state index contributed by atoms with van der Waals surface area (Å²) in [6.07, 6.45) is 1.83. The highest BCUT2D eigenvalue weighted by molar-refractivity contribution is 7.98. The molecular formula is C15H17N3O2S. The Morgan fingerprint density at radius 2 is 2.10 bits per heavy atom. The molecule has 0 saturated carbocycles. The molecule has 0 unspecified atom stereocenters. The van der Waals surface area contributed by atoms with Crippen molar-refractivity contribution in [2.24, 2.45) is 0 Å². The molecular weight excluding hydrogens is 286 g/mol. The fourth-order valence-corrected chi connectivity index (χ4v) is 2.31. The first kappa shape index (κ1) is 15.3. The third-order valence-corrected chi connectivity index (χ3v) is 3.68. The summed E-state index contributed by atoms with van der Waals surface area (Å²) in [5.74, 6) is -0.331. The number of aromatic nitrogens is 2. The van der Waals surface area contributed by atoms with Crippen LogP contribution in [0.5, 0.6) is 0 Å². The molecule has 0 spiro atoms. The summed E-state index contributed by atoms with van der Waals surface area (Å²) in [6, 6.07) is 11.0. The second kappa shape index (κ2) is 7.08. The lowest BCUT2D eigenvalue weighted by Gasteiger charge is -2.12. The van der Waals surface area contributed by atoms with Crippen molar-refractivity contribution in [1.29, 1.82) is 0 Å². The van der Waals surface area contributed by atoms with Crippen LogP contribution < -0.4 is 10.9 Å². The monoisotopic (exact) mass is 303 g/mol. The van der Waals surface area contributed by atoms with Gasteiger partial charge in [0.05, 0.1) is 18.2 Å². The largest absolute Gasteiger partial charge is 0.350 e. The first-order valence-corrected chi connectivity index (χ1v) is 7.79. The van der Waals surface area contributed by atoms with Crippen molar-refractivity contribution < 1.29 is 4.79 Å². The molecule has 2 rings (SSSR count). The van der Waals surface area contributed by atoms with Gasteiger partial charge in [-0.15, -0.1) is 0 Å². The Balaban J connectivity index is 2.01. The molecule has 110 valence electrons. The Morgan fingerprint density at radius 1 is 1.38 bits per heavy atom. The third kappa shape index (κ3) is 4.19. The zero-order valence-corrected chi connectivity index (χ0v) is 12.7. The van der Waals surface area contributed by atoms with Crippen molar-refractivity contribution in [3.05, 3.63) is 58.0 Å². The van der Waals surface area contributed by atoms with E-state index < -0.39 is 0 Å². The lowest BCUT2D eigenvalue weighted by atomic mass is 10.0. The van der Waals surface area contributed by atoms with Crippen LogP contribution in [0, 0.1) is 0 Å². The Bertz CT molecular complexity index is 670. The molecule has 5 nitrogen and oxygen atoms in total. The number of nitrogens with zero attached hydrogens (tertiary/aromatic N) is 1. The topological polar surface area (TPSA) is 74.8 Å². The first-order chi connectivity index (χ1) is 10.1. The second-order valence-electron chi connectivity index (χ2n) is 4.60. The molecule has 1 aromatic carbocycles. The highest BCUT2D eigenvalue weighted by atomic mass is 32.2. The van der Waals surface area contributed by atoms with Gasteiger partial charge in [-0.1, -0.05) is 42.1 Å². The molecule has 0 aliphatic carbocycles.